The van der Waals surface area contributed by atoms with Gasteiger partial charge in [0.15, 0.2) is 5.58 Å². The van der Waals surface area contributed by atoms with Crippen LogP contribution in [0.25, 0.3) is 11.0 Å². The summed E-state index contributed by atoms with van der Waals surface area (Å²) in [5.41, 5.74) is 2.27. The van der Waals surface area contributed by atoms with E-state index in [-0.39, 0.29) is 18.3 Å². The molecule has 1 aromatic heterocycles. The van der Waals surface area contributed by atoms with Crippen LogP contribution in [0.1, 0.15) is 21.5 Å². The fraction of sp³-hybridized carbons (Fsp3) is 0.182. The molecule has 0 spiro atoms. The second-order valence-corrected chi connectivity index (χ2v) is 3.57. The first-order chi connectivity index (χ1) is 7.20. The van der Waals surface area contributed by atoms with Gasteiger partial charge in [-0.25, -0.2) is 4.79 Å². The lowest BCUT2D eigenvalue weighted by molar-refractivity contribution is 0.0535. The number of ether oxygens (including phenoxy) is 1. The summed E-state index contributed by atoms with van der Waals surface area (Å²) in [7, 11) is 0. The van der Waals surface area contributed by atoms with Crippen molar-refractivity contribution < 1.29 is 19.1 Å². The van der Waals surface area contributed by atoms with Crippen molar-refractivity contribution in [3.8, 4) is 5.75 Å². The molecule has 0 amide bonds. The van der Waals surface area contributed by atoms with Crippen LogP contribution in [0.5, 0.6) is 5.75 Å². The van der Waals surface area contributed by atoms with Gasteiger partial charge in [-0.15, -0.1) is 0 Å². The van der Waals surface area contributed by atoms with Crippen LogP contribution >= 0.6 is 0 Å². The molecule has 1 aliphatic heterocycles. The van der Waals surface area contributed by atoms with Crippen molar-refractivity contribution >= 4 is 16.9 Å². The molecule has 1 aliphatic rings. The molecule has 0 unspecified atom stereocenters. The Morgan fingerprint density at radius 3 is 3.07 bits per heavy atom. The molecule has 0 saturated heterocycles. The number of phenolic OH excluding ortho intramolecular Hbond substituents is 1. The molecular formula is C11H8O4. The number of phenols is 1. The first kappa shape index (κ1) is 8.35. The van der Waals surface area contributed by atoms with Gasteiger partial charge in [0.1, 0.15) is 17.9 Å². The van der Waals surface area contributed by atoms with Gasteiger partial charge < -0.3 is 14.3 Å². The largest absolute Gasteiger partial charge is 0.507 e. The Morgan fingerprint density at radius 2 is 2.27 bits per heavy atom. The van der Waals surface area contributed by atoms with Crippen LogP contribution in [0.4, 0.5) is 0 Å². The number of furan rings is 1. The van der Waals surface area contributed by atoms with Crippen molar-refractivity contribution in [3.63, 3.8) is 0 Å². The van der Waals surface area contributed by atoms with Crippen molar-refractivity contribution in [2.75, 3.05) is 0 Å². The highest BCUT2D eigenvalue weighted by atomic mass is 16.5. The standard InChI is InChI=1S/C11H8O4/c1-5-7-4-15-11(13)8(7)10-6(9(5)12)2-3-14-10/h2-3,12H,4H2,1H3. The molecule has 2 heterocycles. The van der Waals surface area contributed by atoms with Gasteiger partial charge in [0.25, 0.3) is 0 Å². The van der Waals surface area contributed by atoms with E-state index < -0.39 is 0 Å². The van der Waals surface area contributed by atoms with E-state index in [4.69, 9.17) is 9.15 Å². The van der Waals surface area contributed by atoms with Crippen molar-refractivity contribution in [1.82, 2.24) is 0 Å². The Bertz CT molecular complexity index is 580. The molecule has 15 heavy (non-hydrogen) atoms. The topological polar surface area (TPSA) is 59.7 Å². The summed E-state index contributed by atoms with van der Waals surface area (Å²) in [6.45, 7) is 1.98. The number of cyclic esters (lactones) is 1. The predicted octanol–water partition coefficient (Wildman–Crippen LogP) is 2.12. The van der Waals surface area contributed by atoms with Gasteiger partial charge in [0.2, 0.25) is 0 Å². The molecular weight excluding hydrogens is 196 g/mol. The third-order valence-corrected chi connectivity index (χ3v) is 2.81. The normalized spacial score (nSPS) is 14.3. The Labute approximate surface area is 85.1 Å². The van der Waals surface area contributed by atoms with Crippen molar-refractivity contribution in [2.24, 2.45) is 0 Å². The van der Waals surface area contributed by atoms with E-state index in [2.05, 4.69) is 0 Å². The molecule has 76 valence electrons. The lowest BCUT2D eigenvalue weighted by Crippen LogP contribution is -1.95. The number of rotatable bonds is 0. The Hall–Kier alpha value is -1.97. The maximum absolute atomic E-state index is 11.5. The molecule has 0 saturated carbocycles. The van der Waals surface area contributed by atoms with E-state index in [0.29, 0.717) is 22.1 Å². The molecule has 4 nitrogen and oxygen atoms in total. The van der Waals surface area contributed by atoms with Gasteiger partial charge in [0, 0.05) is 5.56 Å². The van der Waals surface area contributed by atoms with Gasteiger partial charge in [-0.3, -0.25) is 0 Å². The summed E-state index contributed by atoms with van der Waals surface area (Å²) < 4.78 is 10.1. The predicted molar refractivity (Wildman–Crippen MR) is 51.7 cm³/mol. The maximum Gasteiger partial charge on any atom is 0.342 e. The quantitative estimate of drug-likeness (QED) is 0.667. The summed E-state index contributed by atoms with van der Waals surface area (Å²) in [6.07, 6.45) is 1.45. The number of hydrogen-bond acceptors (Lipinski definition) is 4. The van der Waals surface area contributed by atoms with Gasteiger partial charge in [-0.05, 0) is 18.6 Å². The summed E-state index contributed by atoms with van der Waals surface area (Å²) >= 11 is 0. The van der Waals surface area contributed by atoms with Crippen molar-refractivity contribution in [3.05, 3.63) is 29.0 Å². The third-order valence-electron chi connectivity index (χ3n) is 2.81. The minimum Gasteiger partial charge on any atom is -0.507 e. The minimum atomic E-state index is -0.381. The van der Waals surface area contributed by atoms with Gasteiger partial charge in [-0.1, -0.05) is 0 Å². The Balaban J connectivity index is 2.56. The average molecular weight is 204 g/mol. The van der Waals surface area contributed by atoms with Crippen molar-refractivity contribution in [1.29, 1.82) is 0 Å². The molecule has 0 fully saturated rings. The first-order valence-corrected chi connectivity index (χ1v) is 4.59. The zero-order valence-corrected chi connectivity index (χ0v) is 8.03. The Kier molecular flexibility index (Phi) is 1.41. The second-order valence-electron chi connectivity index (χ2n) is 3.57. The molecule has 3 rings (SSSR count). The summed E-state index contributed by atoms with van der Waals surface area (Å²) in [6, 6.07) is 1.64. The highest BCUT2D eigenvalue weighted by Crippen LogP contribution is 2.38. The number of hydrogen-bond donors (Lipinski definition) is 1. The maximum atomic E-state index is 11.5. The van der Waals surface area contributed by atoms with Crippen LogP contribution in [-0.4, -0.2) is 11.1 Å². The number of fused-ring (bicyclic) bond motifs is 3. The van der Waals surface area contributed by atoms with Gasteiger partial charge in [-0.2, -0.15) is 0 Å². The van der Waals surface area contributed by atoms with E-state index >= 15 is 0 Å². The number of carbonyl (C=O) groups excluding carboxylic acids is 1. The van der Waals surface area contributed by atoms with Crippen LogP contribution < -0.4 is 0 Å². The smallest absolute Gasteiger partial charge is 0.342 e. The van der Waals surface area contributed by atoms with E-state index in [0.717, 1.165) is 5.56 Å². The van der Waals surface area contributed by atoms with Gasteiger partial charge in [0.05, 0.1) is 11.6 Å². The van der Waals surface area contributed by atoms with Crippen LogP contribution in [-0.2, 0) is 11.3 Å². The van der Waals surface area contributed by atoms with E-state index in [1.165, 1.54) is 6.26 Å². The van der Waals surface area contributed by atoms with E-state index in [1.54, 1.807) is 13.0 Å². The number of carbonyl (C=O) groups is 1. The molecule has 0 bridgehead atoms. The zero-order chi connectivity index (χ0) is 10.6. The van der Waals surface area contributed by atoms with E-state index in [9.17, 15) is 9.90 Å². The SMILES string of the molecule is Cc1c2c(c3occc3c1O)C(=O)OC2. The second kappa shape index (κ2) is 2.53. The third kappa shape index (κ3) is 0.883. The lowest BCUT2D eigenvalue weighted by Gasteiger charge is -2.04. The minimum absolute atomic E-state index is 0.163. The van der Waals surface area contributed by atoms with Gasteiger partial charge >= 0.3 is 5.97 Å². The van der Waals surface area contributed by atoms with Crippen molar-refractivity contribution in [2.45, 2.75) is 13.5 Å². The fourth-order valence-corrected chi connectivity index (χ4v) is 1.97. The summed E-state index contributed by atoms with van der Waals surface area (Å²) in [5.74, 6) is -0.219. The lowest BCUT2D eigenvalue weighted by atomic mass is 10.00. The van der Waals surface area contributed by atoms with Crippen LogP contribution in [0.2, 0.25) is 0 Å². The molecule has 0 aliphatic carbocycles. The van der Waals surface area contributed by atoms with E-state index in [1.807, 2.05) is 0 Å². The monoisotopic (exact) mass is 204 g/mol. The number of esters is 1. The molecule has 4 heteroatoms. The average Bonchev–Trinajstić information content (AvgIpc) is 2.80. The van der Waals surface area contributed by atoms with Crippen LogP contribution in [0.3, 0.4) is 0 Å². The molecule has 1 aromatic carbocycles. The fourth-order valence-electron chi connectivity index (χ4n) is 1.97. The molecule has 2 aromatic rings. The zero-order valence-electron chi connectivity index (χ0n) is 8.03. The molecule has 1 N–H and O–H groups in total. The highest BCUT2D eigenvalue weighted by Gasteiger charge is 2.29. The Morgan fingerprint density at radius 1 is 1.47 bits per heavy atom. The molecule has 0 atom stereocenters. The van der Waals surface area contributed by atoms with Crippen LogP contribution in [0.15, 0.2) is 16.7 Å². The summed E-state index contributed by atoms with van der Waals surface area (Å²) in [4.78, 5) is 11.5. The van der Waals surface area contributed by atoms with Crippen LogP contribution in [0, 0.1) is 6.92 Å². The summed E-state index contributed by atoms with van der Waals surface area (Å²) in [5, 5.41) is 10.4. The number of benzene rings is 1. The highest BCUT2D eigenvalue weighted by molar-refractivity contribution is 6.07. The molecule has 0 radical (unpaired) electrons. The first-order valence-electron chi connectivity index (χ1n) is 4.59. The number of aromatic hydroxyl groups is 1.